The summed E-state index contributed by atoms with van der Waals surface area (Å²) < 4.78 is 5.45. The lowest BCUT2D eigenvalue weighted by Crippen LogP contribution is -2.43. The molecule has 0 unspecified atom stereocenters. The second-order valence-electron chi connectivity index (χ2n) is 7.94. The Bertz CT molecular complexity index is 848. The molecule has 0 spiro atoms. The summed E-state index contributed by atoms with van der Waals surface area (Å²) in [6.45, 7) is 4.79. The molecule has 4 rings (SSSR count). The largest absolute Gasteiger partial charge is 0.379 e. The van der Waals surface area contributed by atoms with Crippen molar-refractivity contribution in [2.45, 2.75) is 25.3 Å². The molecule has 1 N–H and O–H groups in total. The normalized spacial score (nSPS) is 18.4. The van der Waals surface area contributed by atoms with E-state index in [1.165, 1.54) is 0 Å². The molecule has 2 aliphatic rings. The Balaban J connectivity index is 1.38. The van der Waals surface area contributed by atoms with Crippen LogP contribution in [-0.4, -0.2) is 56.1 Å². The van der Waals surface area contributed by atoms with E-state index in [4.69, 9.17) is 4.74 Å². The fraction of sp³-hybridized carbons (Fsp3) is 0.417. The lowest BCUT2D eigenvalue weighted by atomic mass is 10.0. The number of hydrogen-bond donors (Lipinski definition) is 1. The van der Waals surface area contributed by atoms with E-state index in [2.05, 4.69) is 22.3 Å². The third kappa shape index (κ3) is 5.26. The van der Waals surface area contributed by atoms with Crippen LogP contribution in [0.25, 0.3) is 0 Å². The SMILES string of the molecule is O=C(Cc1ccc(N2CCCC2=O)cc1)N[C@H](CN1CCOCC1)c1ccccc1. The minimum absolute atomic E-state index is 0.00195. The molecule has 1 atom stereocenters. The van der Waals surface area contributed by atoms with Crippen molar-refractivity contribution in [1.29, 1.82) is 0 Å². The number of rotatable bonds is 7. The second kappa shape index (κ2) is 9.87. The quantitative estimate of drug-likeness (QED) is 0.766. The van der Waals surface area contributed by atoms with Crippen LogP contribution in [0.2, 0.25) is 0 Å². The number of carbonyl (C=O) groups excluding carboxylic acids is 2. The van der Waals surface area contributed by atoms with E-state index >= 15 is 0 Å². The highest BCUT2D eigenvalue weighted by Gasteiger charge is 2.22. The van der Waals surface area contributed by atoms with Gasteiger partial charge < -0.3 is 15.0 Å². The van der Waals surface area contributed by atoms with Crippen molar-refractivity contribution in [2.75, 3.05) is 44.3 Å². The molecule has 0 bridgehead atoms. The first-order valence-corrected chi connectivity index (χ1v) is 10.7. The van der Waals surface area contributed by atoms with Crippen LogP contribution in [-0.2, 0) is 20.7 Å². The molecule has 2 aromatic carbocycles. The predicted molar refractivity (Wildman–Crippen MR) is 116 cm³/mol. The zero-order valence-electron chi connectivity index (χ0n) is 17.3. The second-order valence-corrected chi connectivity index (χ2v) is 7.94. The Morgan fingerprint density at radius 3 is 2.40 bits per heavy atom. The average Bonchev–Trinajstić information content (AvgIpc) is 3.21. The maximum absolute atomic E-state index is 12.8. The summed E-state index contributed by atoms with van der Waals surface area (Å²) in [6.07, 6.45) is 1.85. The number of anilines is 1. The number of nitrogens with zero attached hydrogens (tertiary/aromatic N) is 2. The number of benzene rings is 2. The van der Waals surface area contributed by atoms with E-state index in [1.807, 2.05) is 47.4 Å². The lowest BCUT2D eigenvalue weighted by Gasteiger charge is -2.31. The van der Waals surface area contributed by atoms with Crippen LogP contribution in [0.1, 0.15) is 30.0 Å². The molecule has 2 heterocycles. The first-order chi connectivity index (χ1) is 14.7. The minimum atomic E-state index is -0.0571. The van der Waals surface area contributed by atoms with Gasteiger partial charge in [-0.25, -0.2) is 0 Å². The molecule has 2 aromatic rings. The molecule has 158 valence electrons. The van der Waals surface area contributed by atoms with Crippen molar-refractivity contribution >= 4 is 17.5 Å². The highest BCUT2D eigenvalue weighted by molar-refractivity contribution is 5.95. The number of carbonyl (C=O) groups is 2. The Labute approximate surface area is 177 Å². The Hall–Kier alpha value is -2.70. The van der Waals surface area contributed by atoms with E-state index in [0.717, 1.165) is 62.6 Å². The molecule has 2 amide bonds. The molecule has 0 aromatic heterocycles. The smallest absolute Gasteiger partial charge is 0.227 e. The summed E-state index contributed by atoms with van der Waals surface area (Å²) in [7, 11) is 0. The van der Waals surface area contributed by atoms with Crippen LogP contribution in [0.15, 0.2) is 54.6 Å². The molecule has 0 radical (unpaired) electrons. The summed E-state index contributed by atoms with van der Waals surface area (Å²) >= 11 is 0. The summed E-state index contributed by atoms with van der Waals surface area (Å²) in [5.74, 6) is 0.177. The molecule has 2 saturated heterocycles. The molecule has 2 aliphatic heterocycles. The number of ether oxygens (including phenoxy) is 1. The topological polar surface area (TPSA) is 61.9 Å². The minimum Gasteiger partial charge on any atom is -0.379 e. The van der Waals surface area contributed by atoms with Crippen LogP contribution in [0.3, 0.4) is 0 Å². The van der Waals surface area contributed by atoms with Crippen molar-refractivity contribution < 1.29 is 14.3 Å². The molecule has 30 heavy (non-hydrogen) atoms. The summed E-state index contributed by atoms with van der Waals surface area (Å²) in [5, 5.41) is 3.22. The van der Waals surface area contributed by atoms with E-state index in [0.29, 0.717) is 12.8 Å². The van der Waals surface area contributed by atoms with Crippen molar-refractivity contribution in [3.63, 3.8) is 0 Å². The number of amides is 2. The maximum Gasteiger partial charge on any atom is 0.227 e. The Morgan fingerprint density at radius 2 is 1.73 bits per heavy atom. The number of hydrogen-bond acceptors (Lipinski definition) is 4. The first-order valence-electron chi connectivity index (χ1n) is 10.7. The molecular weight excluding hydrogens is 378 g/mol. The highest BCUT2D eigenvalue weighted by Crippen LogP contribution is 2.22. The van der Waals surface area contributed by atoms with E-state index in [1.54, 1.807) is 0 Å². The fourth-order valence-corrected chi connectivity index (χ4v) is 4.11. The van der Waals surface area contributed by atoms with Gasteiger partial charge in [0.15, 0.2) is 0 Å². The summed E-state index contributed by atoms with van der Waals surface area (Å²) in [5.41, 5.74) is 2.97. The van der Waals surface area contributed by atoms with Gasteiger partial charge in [0.1, 0.15) is 0 Å². The molecule has 6 nitrogen and oxygen atoms in total. The maximum atomic E-state index is 12.8. The van der Waals surface area contributed by atoms with Crippen LogP contribution < -0.4 is 10.2 Å². The van der Waals surface area contributed by atoms with Gasteiger partial charge in [-0.05, 0) is 29.7 Å². The monoisotopic (exact) mass is 407 g/mol. The van der Waals surface area contributed by atoms with Crippen LogP contribution in [0.5, 0.6) is 0 Å². The lowest BCUT2D eigenvalue weighted by molar-refractivity contribution is -0.121. The highest BCUT2D eigenvalue weighted by atomic mass is 16.5. The molecule has 6 heteroatoms. The predicted octanol–water partition coefficient (Wildman–Crippen LogP) is 2.55. The van der Waals surface area contributed by atoms with Gasteiger partial charge in [-0.2, -0.15) is 0 Å². The van der Waals surface area contributed by atoms with E-state index < -0.39 is 0 Å². The molecule has 0 saturated carbocycles. The average molecular weight is 408 g/mol. The standard InChI is InChI=1S/C24H29N3O3/c28-23(17-19-8-10-21(11-9-19)27-12-4-7-24(27)29)25-22(20-5-2-1-3-6-20)18-26-13-15-30-16-14-26/h1-3,5-6,8-11,22H,4,7,12-18H2,(H,25,28)/t22-/m1/s1. The van der Waals surface area contributed by atoms with Gasteiger partial charge in [0, 0.05) is 38.3 Å². The van der Waals surface area contributed by atoms with Crippen molar-refractivity contribution in [1.82, 2.24) is 10.2 Å². The third-order valence-corrected chi connectivity index (χ3v) is 5.77. The van der Waals surface area contributed by atoms with Gasteiger partial charge >= 0.3 is 0 Å². The van der Waals surface area contributed by atoms with Gasteiger partial charge in [0.25, 0.3) is 0 Å². The van der Waals surface area contributed by atoms with Gasteiger partial charge in [-0.15, -0.1) is 0 Å². The summed E-state index contributed by atoms with van der Waals surface area (Å²) in [4.78, 5) is 28.9. The zero-order valence-corrected chi connectivity index (χ0v) is 17.3. The van der Waals surface area contributed by atoms with Crippen LogP contribution >= 0.6 is 0 Å². The third-order valence-electron chi connectivity index (χ3n) is 5.77. The van der Waals surface area contributed by atoms with Crippen LogP contribution in [0.4, 0.5) is 5.69 Å². The van der Waals surface area contributed by atoms with Gasteiger partial charge in [-0.1, -0.05) is 42.5 Å². The first kappa shape index (κ1) is 20.6. The molecular formula is C24H29N3O3. The van der Waals surface area contributed by atoms with E-state index in [9.17, 15) is 9.59 Å². The molecule has 2 fully saturated rings. The summed E-state index contributed by atoms with van der Waals surface area (Å²) in [6, 6.07) is 17.8. The number of morpholine rings is 1. The van der Waals surface area contributed by atoms with Crippen molar-refractivity contribution in [2.24, 2.45) is 0 Å². The number of nitrogens with one attached hydrogen (secondary N) is 1. The van der Waals surface area contributed by atoms with Crippen molar-refractivity contribution in [3.8, 4) is 0 Å². The van der Waals surface area contributed by atoms with Gasteiger partial charge in [-0.3, -0.25) is 14.5 Å². The fourth-order valence-electron chi connectivity index (χ4n) is 4.11. The Morgan fingerprint density at radius 1 is 1.00 bits per heavy atom. The van der Waals surface area contributed by atoms with Crippen molar-refractivity contribution in [3.05, 3.63) is 65.7 Å². The Kier molecular flexibility index (Phi) is 6.77. The van der Waals surface area contributed by atoms with Crippen LogP contribution in [0, 0.1) is 0 Å². The van der Waals surface area contributed by atoms with Gasteiger partial charge in [0.05, 0.1) is 25.7 Å². The van der Waals surface area contributed by atoms with Gasteiger partial charge in [0.2, 0.25) is 11.8 Å². The molecule has 0 aliphatic carbocycles. The van der Waals surface area contributed by atoms with E-state index in [-0.39, 0.29) is 17.9 Å². The zero-order chi connectivity index (χ0) is 20.8.